The van der Waals surface area contributed by atoms with Crippen LogP contribution >= 0.6 is 0 Å². The third kappa shape index (κ3) is 6.05. The lowest BCUT2D eigenvalue weighted by molar-refractivity contribution is 0.480. The smallest absolute Gasteiger partial charge is 0.141 e. The summed E-state index contributed by atoms with van der Waals surface area (Å²) in [6.45, 7) is 0. The molecule has 0 atom stereocenters. The van der Waals surface area contributed by atoms with Crippen LogP contribution in [0.25, 0.3) is 32.7 Å². The average molecular weight is 537 g/mol. The highest BCUT2D eigenvalue weighted by Gasteiger charge is 2.06. The van der Waals surface area contributed by atoms with Gasteiger partial charge in [-0.3, -0.25) is 15.0 Å². The molecule has 0 saturated heterocycles. The van der Waals surface area contributed by atoms with Crippen molar-refractivity contribution < 1.29 is 15.3 Å². The van der Waals surface area contributed by atoms with E-state index in [0.717, 1.165) is 0 Å². The predicted octanol–water partition coefficient (Wildman–Crippen LogP) is 5.06. The highest BCUT2D eigenvalue weighted by molar-refractivity contribution is 5.90. The van der Waals surface area contributed by atoms with Gasteiger partial charge in [-0.25, -0.2) is 0 Å². The maximum absolute atomic E-state index is 9.42. The molecule has 10 heteroatoms. The molecule has 6 rings (SSSR count). The van der Waals surface area contributed by atoms with Gasteiger partial charge in [0, 0.05) is 52.1 Å². The summed E-state index contributed by atoms with van der Waals surface area (Å²) in [4.78, 5) is 12.0. The summed E-state index contributed by atoms with van der Waals surface area (Å²) in [6, 6.07) is 25.8. The van der Waals surface area contributed by atoms with E-state index in [4.69, 9.17) is 15.8 Å². The second-order valence-electron chi connectivity index (χ2n) is 7.93. The van der Waals surface area contributed by atoms with Gasteiger partial charge >= 0.3 is 0 Å². The summed E-state index contributed by atoms with van der Waals surface area (Å²) in [7, 11) is 0. The highest BCUT2D eigenvalue weighted by atomic mass is 27.0. The second-order valence-corrected chi connectivity index (χ2v) is 7.93. The van der Waals surface area contributed by atoms with Gasteiger partial charge in [0.15, 0.2) is 0 Å². The zero-order chi connectivity index (χ0) is 27.8. The largest absolute Gasteiger partial charge is 0.506 e. The number of fused-ring (bicyclic) bond motifs is 3. The summed E-state index contributed by atoms with van der Waals surface area (Å²) < 4.78 is 0. The summed E-state index contributed by atoms with van der Waals surface area (Å²) in [5.41, 5.74) is 3.01. The molecule has 3 heterocycles. The minimum atomic E-state index is 0. The summed E-state index contributed by atoms with van der Waals surface area (Å²) in [5.74, 6) is 0.318. The average Bonchev–Trinajstić information content (AvgIpc) is 2.99. The van der Waals surface area contributed by atoms with Gasteiger partial charge in [0.25, 0.3) is 0 Å². The van der Waals surface area contributed by atoms with Crippen molar-refractivity contribution in [1.82, 2.24) is 15.0 Å². The molecule has 3 N–H and O–H groups in total. The molecule has 0 bridgehead atoms. The van der Waals surface area contributed by atoms with Gasteiger partial charge in [-0.15, -0.1) is 0 Å². The van der Waals surface area contributed by atoms with Crippen molar-refractivity contribution >= 4 is 50.1 Å². The topological polar surface area (TPSA) is 171 Å². The molecule has 0 fully saturated rings. The number of nitriles is 3. The van der Waals surface area contributed by atoms with Crippen LogP contribution in [0.4, 0.5) is 0 Å². The molecule has 0 spiro atoms. The number of pyridine rings is 3. The Balaban J connectivity index is 0.000000163. The van der Waals surface area contributed by atoms with E-state index in [1.165, 1.54) is 18.2 Å². The monoisotopic (exact) mass is 537 g/mol. The van der Waals surface area contributed by atoms with Crippen molar-refractivity contribution in [2.24, 2.45) is 0 Å². The normalized spacial score (nSPS) is 9.53. The Morgan fingerprint density at radius 3 is 0.975 bits per heavy atom. The van der Waals surface area contributed by atoms with Gasteiger partial charge in [-0.1, -0.05) is 0 Å². The number of benzene rings is 3. The van der Waals surface area contributed by atoms with Crippen LogP contribution in [-0.4, -0.2) is 47.6 Å². The van der Waals surface area contributed by atoms with Crippen LogP contribution < -0.4 is 0 Å². The van der Waals surface area contributed by atoms with Crippen LogP contribution in [0.5, 0.6) is 17.2 Å². The molecule has 0 amide bonds. The first kappa shape index (κ1) is 28.9. The molecule has 0 aliphatic carbocycles. The van der Waals surface area contributed by atoms with Crippen molar-refractivity contribution in [3.63, 3.8) is 0 Å². The van der Waals surface area contributed by atoms with Crippen LogP contribution in [0, 0.1) is 34.0 Å². The second kappa shape index (κ2) is 13.2. The van der Waals surface area contributed by atoms with E-state index in [1.54, 1.807) is 73.2 Å². The van der Waals surface area contributed by atoms with Gasteiger partial charge < -0.3 is 15.3 Å². The summed E-state index contributed by atoms with van der Waals surface area (Å²) in [6.07, 6.45) is 4.76. The third-order valence-corrected chi connectivity index (χ3v) is 5.61. The lowest BCUT2D eigenvalue weighted by Gasteiger charge is -2.00. The zero-order valence-electron chi connectivity index (χ0n) is 20.8. The number of phenols is 3. The van der Waals surface area contributed by atoms with E-state index in [0.29, 0.717) is 49.4 Å². The number of aromatic nitrogens is 3. The van der Waals surface area contributed by atoms with E-state index in [9.17, 15) is 15.3 Å². The third-order valence-electron chi connectivity index (χ3n) is 5.61. The Hall–Kier alpha value is -5.71. The maximum atomic E-state index is 9.42. The number of hydrogen-bond donors (Lipinski definition) is 3. The van der Waals surface area contributed by atoms with Crippen molar-refractivity contribution in [2.75, 3.05) is 0 Å². The van der Waals surface area contributed by atoms with Gasteiger partial charge in [0.05, 0.1) is 34.9 Å². The number of phenolic OH excluding ortho intramolecular Hbond substituents is 3. The van der Waals surface area contributed by atoms with Crippen LogP contribution in [0.15, 0.2) is 91.4 Å². The van der Waals surface area contributed by atoms with E-state index >= 15 is 0 Å². The highest BCUT2D eigenvalue weighted by Crippen LogP contribution is 2.26. The van der Waals surface area contributed by atoms with Crippen molar-refractivity contribution in [1.29, 1.82) is 15.8 Å². The minimum absolute atomic E-state index is 0. The molecule has 3 aromatic carbocycles. The molecule has 3 radical (unpaired) electrons. The fourth-order valence-electron chi connectivity index (χ4n) is 3.77. The molecule has 189 valence electrons. The Morgan fingerprint density at radius 2 is 0.725 bits per heavy atom. The first-order chi connectivity index (χ1) is 19.0. The van der Waals surface area contributed by atoms with E-state index in [2.05, 4.69) is 15.0 Å². The SMILES string of the molecule is N#Cc1ccc(O)c2ncccc12.N#Cc1ccc(O)c2ncccc12.N#Cc1ccc(O)c2ncccc12.[Al]. The lowest BCUT2D eigenvalue weighted by Crippen LogP contribution is -1.82. The lowest BCUT2D eigenvalue weighted by atomic mass is 10.1. The van der Waals surface area contributed by atoms with Gasteiger partial charge in [0.1, 0.15) is 33.8 Å². The molecule has 0 saturated carbocycles. The standard InChI is InChI=1S/3C10H6N2O.Al/c3*11-6-7-3-4-9(13)10-8(7)2-1-5-12-10;/h3*1-5,13H;. The molecule has 3 aromatic heterocycles. The van der Waals surface area contributed by atoms with E-state index < -0.39 is 0 Å². The Kier molecular flexibility index (Phi) is 9.52. The van der Waals surface area contributed by atoms with Gasteiger partial charge in [-0.05, 0) is 72.8 Å². The Labute approximate surface area is 239 Å². The van der Waals surface area contributed by atoms with E-state index in [1.807, 2.05) is 18.2 Å². The van der Waals surface area contributed by atoms with Gasteiger partial charge in [-0.2, -0.15) is 15.8 Å². The molecule has 0 aliphatic rings. The minimum Gasteiger partial charge on any atom is -0.506 e. The molecular weight excluding hydrogens is 519 g/mol. The van der Waals surface area contributed by atoms with Crippen LogP contribution in [-0.2, 0) is 0 Å². The summed E-state index contributed by atoms with van der Waals surface area (Å²) in [5, 5.41) is 56.6. The maximum Gasteiger partial charge on any atom is 0.141 e. The molecular formula is C30H18AlN6O3. The quantitative estimate of drug-likeness (QED) is 0.224. The first-order valence-electron chi connectivity index (χ1n) is 11.4. The molecule has 0 unspecified atom stereocenters. The number of rotatable bonds is 0. The van der Waals surface area contributed by atoms with Crippen LogP contribution in [0.2, 0.25) is 0 Å². The molecule has 40 heavy (non-hydrogen) atoms. The molecule has 9 nitrogen and oxygen atoms in total. The van der Waals surface area contributed by atoms with E-state index in [-0.39, 0.29) is 34.6 Å². The van der Waals surface area contributed by atoms with Crippen molar-refractivity contribution in [2.45, 2.75) is 0 Å². The Bertz CT molecular complexity index is 1730. The fourth-order valence-corrected chi connectivity index (χ4v) is 3.77. The van der Waals surface area contributed by atoms with Gasteiger partial charge in [0.2, 0.25) is 0 Å². The van der Waals surface area contributed by atoms with Crippen molar-refractivity contribution in [3.05, 3.63) is 108 Å². The predicted molar refractivity (Wildman–Crippen MR) is 150 cm³/mol. The van der Waals surface area contributed by atoms with Crippen molar-refractivity contribution in [3.8, 4) is 35.5 Å². The fraction of sp³-hybridized carbons (Fsp3) is 0. The first-order valence-corrected chi connectivity index (χ1v) is 11.4. The molecule has 0 aliphatic heterocycles. The number of hydrogen-bond acceptors (Lipinski definition) is 9. The number of aromatic hydroxyl groups is 3. The van der Waals surface area contributed by atoms with Crippen LogP contribution in [0.1, 0.15) is 16.7 Å². The Morgan fingerprint density at radius 1 is 0.450 bits per heavy atom. The summed E-state index contributed by atoms with van der Waals surface area (Å²) >= 11 is 0. The zero-order valence-corrected chi connectivity index (χ0v) is 21.9. The number of nitrogens with zero attached hydrogens (tertiary/aromatic N) is 6. The molecule has 6 aromatic rings. The van der Waals surface area contributed by atoms with Crippen LogP contribution in [0.3, 0.4) is 0 Å².